The smallest absolute Gasteiger partial charge is 0.257 e. The normalized spacial score (nSPS) is 22.3. The highest BCUT2D eigenvalue weighted by Gasteiger charge is 2.38. The van der Waals surface area contributed by atoms with Gasteiger partial charge in [-0.1, -0.05) is 12.1 Å². The maximum atomic E-state index is 13.3. The lowest BCUT2D eigenvalue weighted by Crippen LogP contribution is -2.47. The number of rotatable bonds is 5. The summed E-state index contributed by atoms with van der Waals surface area (Å²) in [6, 6.07) is 8.60. The molecular formula is C22H30N4O2. The molecule has 0 radical (unpaired) electrons. The number of benzene rings is 1. The Labute approximate surface area is 167 Å². The summed E-state index contributed by atoms with van der Waals surface area (Å²) in [7, 11) is 1.69. The van der Waals surface area contributed by atoms with Gasteiger partial charge in [0, 0.05) is 45.0 Å². The van der Waals surface area contributed by atoms with Crippen molar-refractivity contribution in [1.82, 2.24) is 19.6 Å². The topological polar surface area (TPSA) is 50.6 Å². The molecule has 6 nitrogen and oxygen atoms in total. The fraction of sp³-hybridized carbons (Fsp3) is 0.545. The Kier molecular flexibility index (Phi) is 5.40. The summed E-state index contributed by atoms with van der Waals surface area (Å²) in [6.07, 6.45) is 4.21. The van der Waals surface area contributed by atoms with Crippen molar-refractivity contribution in [3.8, 4) is 5.75 Å². The van der Waals surface area contributed by atoms with E-state index in [2.05, 4.69) is 27.0 Å². The van der Waals surface area contributed by atoms with E-state index >= 15 is 0 Å². The first kappa shape index (κ1) is 19.0. The van der Waals surface area contributed by atoms with Crippen molar-refractivity contribution in [2.24, 2.45) is 5.92 Å². The first-order valence-corrected chi connectivity index (χ1v) is 10.3. The molecule has 3 fully saturated rings. The number of amides is 1. The molecular weight excluding hydrogens is 352 g/mol. The molecule has 3 saturated heterocycles. The maximum absolute atomic E-state index is 13.3. The number of carbonyl (C=O) groups excluding carboxylic acids is 1. The zero-order chi connectivity index (χ0) is 19.7. The Morgan fingerprint density at radius 2 is 1.96 bits per heavy atom. The molecule has 2 bridgehead atoms. The Balaban J connectivity index is 1.48. The highest BCUT2D eigenvalue weighted by atomic mass is 16.5. The molecule has 3 aliphatic rings. The second kappa shape index (κ2) is 7.95. The van der Waals surface area contributed by atoms with Crippen molar-refractivity contribution < 1.29 is 9.53 Å². The summed E-state index contributed by atoms with van der Waals surface area (Å²) in [5, 5.41) is 4.46. The SMILES string of the molecule is CCn1cc(C(=O)N2C[C@H]3CC[C@@H]2CN(Cc2ccc(OC)cc2)C3)c(C)n1. The minimum absolute atomic E-state index is 0.151. The molecule has 3 aliphatic heterocycles. The van der Waals surface area contributed by atoms with Crippen LogP contribution in [0.15, 0.2) is 30.5 Å². The number of carbonyl (C=O) groups is 1. The molecule has 150 valence electrons. The van der Waals surface area contributed by atoms with Crippen LogP contribution in [0, 0.1) is 12.8 Å². The summed E-state index contributed by atoms with van der Waals surface area (Å²) in [5.74, 6) is 1.58. The van der Waals surface area contributed by atoms with E-state index in [0.29, 0.717) is 5.92 Å². The average Bonchev–Trinajstić information content (AvgIpc) is 2.87. The van der Waals surface area contributed by atoms with Gasteiger partial charge in [-0.25, -0.2) is 0 Å². The maximum Gasteiger partial charge on any atom is 0.257 e. The van der Waals surface area contributed by atoms with E-state index in [4.69, 9.17) is 4.74 Å². The van der Waals surface area contributed by atoms with Gasteiger partial charge in [0.2, 0.25) is 0 Å². The van der Waals surface area contributed by atoms with Crippen LogP contribution in [0.2, 0.25) is 0 Å². The van der Waals surface area contributed by atoms with Gasteiger partial charge in [0.1, 0.15) is 5.75 Å². The zero-order valence-electron chi connectivity index (χ0n) is 17.1. The van der Waals surface area contributed by atoms with Crippen LogP contribution in [0.25, 0.3) is 0 Å². The number of aryl methyl sites for hydroxylation is 2. The molecule has 5 rings (SSSR count). The Morgan fingerprint density at radius 1 is 1.18 bits per heavy atom. The third kappa shape index (κ3) is 3.78. The van der Waals surface area contributed by atoms with E-state index < -0.39 is 0 Å². The molecule has 1 aromatic heterocycles. The minimum atomic E-state index is 0.151. The summed E-state index contributed by atoms with van der Waals surface area (Å²) >= 11 is 0. The molecule has 0 N–H and O–H groups in total. The van der Waals surface area contributed by atoms with Crippen LogP contribution in [-0.2, 0) is 13.1 Å². The van der Waals surface area contributed by atoms with Gasteiger partial charge in [-0.2, -0.15) is 5.10 Å². The van der Waals surface area contributed by atoms with Crippen LogP contribution < -0.4 is 4.74 Å². The van der Waals surface area contributed by atoms with Gasteiger partial charge in [-0.05, 0) is 50.3 Å². The molecule has 0 saturated carbocycles. The van der Waals surface area contributed by atoms with Crippen molar-refractivity contribution in [1.29, 1.82) is 0 Å². The van der Waals surface area contributed by atoms with E-state index in [9.17, 15) is 4.79 Å². The summed E-state index contributed by atoms with van der Waals surface area (Å²) in [5.41, 5.74) is 2.89. The first-order chi connectivity index (χ1) is 13.6. The van der Waals surface area contributed by atoms with Crippen LogP contribution in [0.1, 0.15) is 41.4 Å². The monoisotopic (exact) mass is 382 g/mol. The minimum Gasteiger partial charge on any atom is -0.497 e. The van der Waals surface area contributed by atoms with Crippen LogP contribution >= 0.6 is 0 Å². The van der Waals surface area contributed by atoms with Gasteiger partial charge in [0.05, 0.1) is 18.4 Å². The predicted molar refractivity (Wildman–Crippen MR) is 108 cm³/mol. The second-order valence-electron chi connectivity index (χ2n) is 8.08. The number of piperidine rings is 1. The van der Waals surface area contributed by atoms with Crippen LogP contribution in [0.4, 0.5) is 0 Å². The fourth-order valence-electron chi connectivity index (χ4n) is 4.59. The standard InChI is InChI=1S/C22H30N4O2/c1-4-25-15-21(16(2)23-25)22(27)26-13-18-5-8-19(26)14-24(12-18)11-17-6-9-20(28-3)10-7-17/h6-7,9-10,15,18-19H,4-5,8,11-14H2,1-3H3/t18-,19+/m0/s1. The summed E-state index contributed by atoms with van der Waals surface area (Å²) < 4.78 is 7.12. The lowest BCUT2D eigenvalue weighted by atomic mass is 9.94. The van der Waals surface area contributed by atoms with Gasteiger partial charge in [-0.15, -0.1) is 0 Å². The van der Waals surface area contributed by atoms with Gasteiger partial charge in [-0.3, -0.25) is 14.4 Å². The zero-order valence-corrected chi connectivity index (χ0v) is 17.1. The third-order valence-electron chi connectivity index (χ3n) is 6.12. The summed E-state index contributed by atoms with van der Waals surface area (Å²) in [6.45, 7) is 8.55. The lowest BCUT2D eigenvalue weighted by Gasteiger charge is -2.36. The van der Waals surface area contributed by atoms with Gasteiger partial charge >= 0.3 is 0 Å². The predicted octanol–water partition coefficient (Wildman–Crippen LogP) is 2.96. The molecule has 1 amide bonds. The van der Waals surface area contributed by atoms with Crippen LogP contribution in [0.3, 0.4) is 0 Å². The number of methoxy groups -OCH3 is 1. The number of nitrogens with zero attached hydrogens (tertiary/aromatic N) is 4. The van der Waals surface area contributed by atoms with E-state index in [0.717, 1.165) is 56.2 Å². The highest BCUT2D eigenvalue weighted by molar-refractivity contribution is 5.95. The Morgan fingerprint density at radius 3 is 2.64 bits per heavy atom. The number of ether oxygens (including phenoxy) is 1. The molecule has 6 heteroatoms. The van der Waals surface area contributed by atoms with Crippen molar-refractivity contribution >= 4 is 5.91 Å². The van der Waals surface area contributed by atoms with Crippen molar-refractivity contribution in [3.63, 3.8) is 0 Å². The highest BCUT2D eigenvalue weighted by Crippen LogP contribution is 2.30. The van der Waals surface area contributed by atoms with Crippen molar-refractivity contribution in [3.05, 3.63) is 47.3 Å². The van der Waals surface area contributed by atoms with Gasteiger partial charge in [0.15, 0.2) is 0 Å². The van der Waals surface area contributed by atoms with Gasteiger partial charge in [0.25, 0.3) is 5.91 Å². The average molecular weight is 383 g/mol. The molecule has 2 aromatic rings. The molecule has 2 atom stereocenters. The number of aromatic nitrogens is 2. The fourth-order valence-corrected chi connectivity index (χ4v) is 4.59. The molecule has 0 spiro atoms. The Bertz CT molecular complexity index is 830. The molecule has 4 heterocycles. The van der Waals surface area contributed by atoms with E-state index in [1.54, 1.807) is 7.11 Å². The summed E-state index contributed by atoms with van der Waals surface area (Å²) in [4.78, 5) is 17.9. The van der Waals surface area contributed by atoms with Crippen molar-refractivity contribution in [2.75, 3.05) is 26.7 Å². The number of fused-ring (bicyclic) bond motifs is 4. The second-order valence-corrected chi connectivity index (χ2v) is 8.08. The molecule has 0 unspecified atom stereocenters. The Hall–Kier alpha value is -2.34. The van der Waals surface area contributed by atoms with E-state index in [1.807, 2.05) is 36.9 Å². The first-order valence-electron chi connectivity index (χ1n) is 10.3. The number of hydrogen-bond acceptors (Lipinski definition) is 4. The molecule has 28 heavy (non-hydrogen) atoms. The van der Waals surface area contributed by atoms with E-state index in [1.165, 1.54) is 12.0 Å². The quantitative estimate of drug-likeness (QED) is 0.798. The number of hydrogen-bond donors (Lipinski definition) is 0. The van der Waals surface area contributed by atoms with Crippen LogP contribution in [-0.4, -0.2) is 58.3 Å². The lowest BCUT2D eigenvalue weighted by molar-refractivity contribution is 0.0584. The molecule has 0 aliphatic carbocycles. The third-order valence-corrected chi connectivity index (χ3v) is 6.12. The van der Waals surface area contributed by atoms with Crippen molar-refractivity contribution in [2.45, 2.75) is 45.8 Å². The molecule has 1 aromatic carbocycles. The van der Waals surface area contributed by atoms with Gasteiger partial charge < -0.3 is 9.64 Å². The largest absolute Gasteiger partial charge is 0.497 e. The van der Waals surface area contributed by atoms with Crippen LogP contribution in [0.5, 0.6) is 5.75 Å². The van der Waals surface area contributed by atoms with E-state index in [-0.39, 0.29) is 11.9 Å².